The summed E-state index contributed by atoms with van der Waals surface area (Å²) >= 11 is 0. The van der Waals surface area contributed by atoms with Crippen molar-refractivity contribution in [1.82, 2.24) is 5.32 Å². The van der Waals surface area contributed by atoms with Crippen LogP contribution < -0.4 is 20.5 Å². The molecule has 0 fully saturated rings. The first-order valence-electron chi connectivity index (χ1n) is 8.38. The molecule has 140 valence electrons. The molecule has 0 saturated carbocycles. The topological polar surface area (TPSA) is 82.8 Å². The lowest BCUT2D eigenvalue weighted by Gasteiger charge is -2.20. The van der Waals surface area contributed by atoms with E-state index in [1.165, 1.54) is 0 Å². The molecule has 3 N–H and O–H groups in total. The number of hydrogen-bond acceptors (Lipinski definition) is 5. The van der Waals surface area contributed by atoms with Gasteiger partial charge in [0.05, 0.1) is 7.11 Å². The van der Waals surface area contributed by atoms with E-state index in [0.29, 0.717) is 18.0 Å². The van der Waals surface area contributed by atoms with E-state index < -0.39 is 11.7 Å². The minimum Gasteiger partial charge on any atom is -0.497 e. The molecule has 0 aliphatic heterocycles. The maximum absolute atomic E-state index is 11.8. The molecule has 2 aromatic carbocycles. The highest BCUT2D eigenvalue weighted by Gasteiger charge is 2.16. The molecule has 6 heteroatoms. The number of benzene rings is 2. The van der Waals surface area contributed by atoms with Gasteiger partial charge in [0.2, 0.25) is 0 Å². The minimum atomic E-state index is -0.543. The molecule has 0 aliphatic carbocycles. The molecular formula is C20H26N2O4. The third kappa shape index (κ3) is 6.20. The SMILES string of the molecule is COc1ccc(COc2ccc(N)c(CNC(=O)OC(C)(C)C)c2)cc1. The largest absolute Gasteiger partial charge is 0.497 e. The van der Waals surface area contributed by atoms with Crippen LogP contribution in [0.5, 0.6) is 11.5 Å². The number of carbonyl (C=O) groups is 1. The number of nitrogens with one attached hydrogen (secondary N) is 1. The van der Waals surface area contributed by atoms with Gasteiger partial charge in [0, 0.05) is 12.2 Å². The van der Waals surface area contributed by atoms with Gasteiger partial charge >= 0.3 is 6.09 Å². The van der Waals surface area contributed by atoms with Crippen LogP contribution in [0.3, 0.4) is 0 Å². The molecule has 0 unspecified atom stereocenters. The average Bonchev–Trinajstić information content (AvgIpc) is 2.59. The number of ether oxygens (including phenoxy) is 3. The summed E-state index contributed by atoms with van der Waals surface area (Å²) in [5, 5.41) is 2.70. The lowest BCUT2D eigenvalue weighted by molar-refractivity contribution is 0.0523. The number of rotatable bonds is 6. The van der Waals surface area contributed by atoms with Crippen LogP contribution in [0.1, 0.15) is 31.9 Å². The Kier molecular flexibility index (Phi) is 6.33. The molecule has 0 bridgehead atoms. The molecule has 0 heterocycles. The smallest absolute Gasteiger partial charge is 0.407 e. The van der Waals surface area contributed by atoms with Gasteiger partial charge in [-0.25, -0.2) is 4.79 Å². The Bertz CT molecular complexity index is 736. The Morgan fingerprint density at radius 1 is 1.08 bits per heavy atom. The summed E-state index contributed by atoms with van der Waals surface area (Å²) < 4.78 is 16.2. The number of amides is 1. The molecule has 26 heavy (non-hydrogen) atoms. The summed E-state index contributed by atoms with van der Waals surface area (Å²) in [6.45, 7) is 6.13. The zero-order chi connectivity index (χ0) is 19.2. The van der Waals surface area contributed by atoms with Crippen LogP contribution in [-0.2, 0) is 17.9 Å². The molecule has 0 aliphatic rings. The van der Waals surface area contributed by atoms with Crippen LogP contribution in [0.25, 0.3) is 0 Å². The van der Waals surface area contributed by atoms with Crippen LogP contribution >= 0.6 is 0 Å². The van der Waals surface area contributed by atoms with Crippen molar-refractivity contribution < 1.29 is 19.0 Å². The van der Waals surface area contributed by atoms with Crippen LogP contribution in [0.2, 0.25) is 0 Å². The Morgan fingerprint density at radius 2 is 1.73 bits per heavy atom. The third-order valence-corrected chi connectivity index (χ3v) is 3.50. The van der Waals surface area contributed by atoms with Gasteiger partial charge in [0.25, 0.3) is 0 Å². The predicted octanol–water partition coefficient (Wildman–Crippen LogP) is 3.88. The fraction of sp³-hybridized carbons (Fsp3) is 0.350. The Hall–Kier alpha value is -2.89. The fourth-order valence-electron chi connectivity index (χ4n) is 2.19. The summed E-state index contributed by atoms with van der Waals surface area (Å²) in [7, 11) is 1.63. The second kappa shape index (κ2) is 8.47. The first-order valence-corrected chi connectivity index (χ1v) is 8.38. The average molecular weight is 358 g/mol. The van der Waals surface area contributed by atoms with E-state index in [4.69, 9.17) is 19.9 Å². The molecule has 0 saturated heterocycles. The molecule has 2 rings (SSSR count). The minimum absolute atomic E-state index is 0.264. The lowest BCUT2D eigenvalue weighted by Crippen LogP contribution is -2.32. The van der Waals surface area contributed by atoms with Crippen molar-refractivity contribution in [3.63, 3.8) is 0 Å². The molecule has 2 aromatic rings. The van der Waals surface area contributed by atoms with E-state index in [1.807, 2.05) is 51.1 Å². The van der Waals surface area contributed by atoms with Crippen molar-refractivity contribution in [2.75, 3.05) is 12.8 Å². The van der Waals surface area contributed by atoms with Gasteiger partial charge in [-0.1, -0.05) is 12.1 Å². The number of alkyl carbamates (subject to hydrolysis) is 1. The van der Waals surface area contributed by atoms with Crippen LogP contribution in [-0.4, -0.2) is 18.8 Å². The van der Waals surface area contributed by atoms with Crippen LogP contribution in [0.15, 0.2) is 42.5 Å². The van der Waals surface area contributed by atoms with Crippen molar-refractivity contribution in [2.24, 2.45) is 0 Å². The molecule has 0 atom stereocenters. The summed E-state index contributed by atoms with van der Waals surface area (Å²) in [4.78, 5) is 11.8. The number of nitrogens with two attached hydrogens (primary N) is 1. The molecule has 0 spiro atoms. The van der Waals surface area contributed by atoms with Crippen molar-refractivity contribution in [3.05, 3.63) is 53.6 Å². The number of carbonyl (C=O) groups excluding carboxylic acids is 1. The molecule has 0 aromatic heterocycles. The van der Waals surface area contributed by atoms with Crippen LogP contribution in [0, 0.1) is 0 Å². The van der Waals surface area contributed by atoms with Crippen LogP contribution in [0.4, 0.5) is 10.5 Å². The molecular weight excluding hydrogens is 332 g/mol. The van der Waals surface area contributed by atoms with Gasteiger partial charge in [-0.3, -0.25) is 0 Å². The Balaban J connectivity index is 1.94. The molecule has 1 amide bonds. The quantitative estimate of drug-likeness (QED) is 0.766. The number of anilines is 1. The number of nitrogen functional groups attached to an aromatic ring is 1. The number of hydrogen-bond donors (Lipinski definition) is 2. The lowest BCUT2D eigenvalue weighted by atomic mass is 10.1. The van der Waals surface area contributed by atoms with Crippen molar-refractivity contribution in [1.29, 1.82) is 0 Å². The first-order chi connectivity index (χ1) is 12.3. The summed E-state index contributed by atoms with van der Waals surface area (Å²) in [6.07, 6.45) is -0.485. The highest BCUT2D eigenvalue weighted by atomic mass is 16.6. The maximum Gasteiger partial charge on any atom is 0.407 e. The number of methoxy groups -OCH3 is 1. The van der Waals surface area contributed by atoms with Gasteiger partial charge in [0.15, 0.2) is 0 Å². The summed E-state index contributed by atoms with van der Waals surface area (Å²) in [5.74, 6) is 1.48. The van der Waals surface area contributed by atoms with Crippen molar-refractivity contribution in [2.45, 2.75) is 39.5 Å². The van der Waals surface area contributed by atoms with E-state index >= 15 is 0 Å². The van der Waals surface area contributed by atoms with E-state index in [2.05, 4.69) is 5.32 Å². The third-order valence-electron chi connectivity index (χ3n) is 3.50. The molecule has 6 nitrogen and oxygen atoms in total. The molecule has 0 radical (unpaired) electrons. The van der Waals surface area contributed by atoms with Gasteiger partial charge in [-0.15, -0.1) is 0 Å². The van der Waals surface area contributed by atoms with Gasteiger partial charge < -0.3 is 25.3 Å². The second-order valence-corrected chi connectivity index (χ2v) is 6.85. The van der Waals surface area contributed by atoms with Crippen molar-refractivity contribution >= 4 is 11.8 Å². The van der Waals surface area contributed by atoms with E-state index in [1.54, 1.807) is 19.2 Å². The normalized spacial score (nSPS) is 10.9. The summed E-state index contributed by atoms with van der Waals surface area (Å²) in [6, 6.07) is 13.0. The summed E-state index contributed by atoms with van der Waals surface area (Å²) in [5.41, 5.74) is 7.81. The Morgan fingerprint density at radius 3 is 2.35 bits per heavy atom. The standard InChI is InChI=1S/C20H26N2O4/c1-20(2,3)26-19(23)22-12-15-11-17(9-10-18(15)21)25-13-14-5-7-16(24-4)8-6-14/h5-11H,12-13,21H2,1-4H3,(H,22,23). The van der Waals surface area contributed by atoms with Gasteiger partial charge in [-0.2, -0.15) is 0 Å². The van der Waals surface area contributed by atoms with Crippen molar-refractivity contribution in [3.8, 4) is 11.5 Å². The maximum atomic E-state index is 11.8. The predicted molar refractivity (Wildman–Crippen MR) is 101 cm³/mol. The Labute approximate surface area is 154 Å². The van der Waals surface area contributed by atoms with E-state index in [9.17, 15) is 4.79 Å². The highest BCUT2D eigenvalue weighted by molar-refractivity contribution is 5.68. The second-order valence-electron chi connectivity index (χ2n) is 6.85. The zero-order valence-corrected chi connectivity index (χ0v) is 15.7. The monoisotopic (exact) mass is 358 g/mol. The first kappa shape index (κ1) is 19.4. The van der Waals surface area contributed by atoms with Gasteiger partial charge in [-0.05, 0) is 62.2 Å². The van der Waals surface area contributed by atoms with E-state index in [-0.39, 0.29) is 6.54 Å². The van der Waals surface area contributed by atoms with E-state index in [0.717, 1.165) is 16.9 Å². The fourth-order valence-corrected chi connectivity index (χ4v) is 2.19. The van der Waals surface area contributed by atoms with Gasteiger partial charge in [0.1, 0.15) is 23.7 Å². The highest BCUT2D eigenvalue weighted by Crippen LogP contribution is 2.21. The zero-order valence-electron chi connectivity index (χ0n) is 15.7.